The molecule has 0 fully saturated rings. The van der Waals surface area contributed by atoms with Crippen LogP contribution in [0.5, 0.6) is 0 Å². The largest absolute Gasteiger partial charge is 0.269 e. The Bertz CT molecular complexity index is 208. The number of hydroxylamine groups is 2. The highest BCUT2D eigenvalue weighted by Gasteiger charge is 2.26. The zero-order chi connectivity index (χ0) is 8.55. The van der Waals surface area contributed by atoms with Gasteiger partial charge >= 0.3 is 0 Å². The number of allylic oxidation sites excluding steroid dienone is 1. The molecule has 0 aromatic heterocycles. The SMILES string of the molecule is CC(C)N1OCC2=C1CCCC2. The highest BCUT2D eigenvalue weighted by atomic mass is 16.7. The summed E-state index contributed by atoms with van der Waals surface area (Å²) in [6, 6.07) is 0.496. The van der Waals surface area contributed by atoms with Crippen LogP contribution >= 0.6 is 0 Å². The third kappa shape index (κ3) is 1.24. The molecule has 1 heterocycles. The fraction of sp³-hybridized carbons (Fsp3) is 0.800. The lowest BCUT2D eigenvalue weighted by Crippen LogP contribution is -2.26. The molecule has 0 saturated heterocycles. The third-order valence-corrected chi connectivity index (χ3v) is 2.66. The average molecular weight is 167 g/mol. The second-order valence-corrected chi connectivity index (χ2v) is 3.95. The minimum absolute atomic E-state index is 0.496. The maximum Gasteiger partial charge on any atom is 0.0980 e. The standard InChI is InChI=1S/C10H17NO/c1-8(2)11-10-6-4-3-5-9(10)7-12-11/h8H,3-7H2,1-2H3. The Kier molecular flexibility index (Phi) is 2.09. The van der Waals surface area contributed by atoms with Gasteiger partial charge in [-0.3, -0.25) is 9.90 Å². The first-order valence-electron chi connectivity index (χ1n) is 4.92. The molecule has 1 aliphatic heterocycles. The molecule has 2 aliphatic rings. The van der Waals surface area contributed by atoms with E-state index in [2.05, 4.69) is 18.9 Å². The molecule has 0 aromatic rings. The Morgan fingerprint density at radius 3 is 2.75 bits per heavy atom. The summed E-state index contributed by atoms with van der Waals surface area (Å²) in [6.45, 7) is 5.22. The average Bonchev–Trinajstić information content (AvgIpc) is 2.47. The first-order chi connectivity index (χ1) is 5.79. The molecular formula is C10H17NO. The van der Waals surface area contributed by atoms with Gasteiger partial charge in [0.15, 0.2) is 0 Å². The molecule has 0 N–H and O–H groups in total. The normalized spacial score (nSPS) is 23.8. The fourth-order valence-electron chi connectivity index (χ4n) is 2.06. The van der Waals surface area contributed by atoms with Crippen LogP contribution in [0.25, 0.3) is 0 Å². The Morgan fingerprint density at radius 1 is 1.25 bits per heavy atom. The van der Waals surface area contributed by atoms with E-state index in [9.17, 15) is 0 Å². The highest BCUT2D eigenvalue weighted by molar-refractivity contribution is 5.18. The van der Waals surface area contributed by atoms with E-state index in [0.717, 1.165) is 6.61 Å². The molecule has 2 rings (SSSR count). The second-order valence-electron chi connectivity index (χ2n) is 3.95. The van der Waals surface area contributed by atoms with E-state index in [1.807, 2.05) is 0 Å². The number of hydrogen-bond donors (Lipinski definition) is 0. The molecule has 2 heteroatoms. The molecule has 68 valence electrons. The van der Waals surface area contributed by atoms with Crippen LogP contribution in [-0.4, -0.2) is 17.7 Å². The van der Waals surface area contributed by atoms with Crippen LogP contribution in [0.2, 0.25) is 0 Å². The van der Waals surface area contributed by atoms with Crippen molar-refractivity contribution >= 4 is 0 Å². The predicted molar refractivity (Wildman–Crippen MR) is 48.4 cm³/mol. The molecule has 0 unspecified atom stereocenters. The predicted octanol–water partition coefficient (Wildman–Crippen LogP) is 2.47. The molecule has 0 aromatic carbocycles. The van der Waals surface area contributed by atoms with Gasteiger partial charge in [0.25, 0.3) is 0 Å². The molecule has 12 heavy (non-hydrogen) atoms. The van der Waals surface area contributed by atoms with E-state index in [0.29, 0.717) is 6.04 Å². The summed E-state index contributed by atoms with van der Waals surface area (Å²) in [5, 5.41) is 2.11. The lowest BCUT2D eigenvalue weighted by atomic mass is 9.97. The van der Waals surface area contributed by atoms with E-state index in [-0.39, 0.29) is 0 Å². The summed E-state index contributed by atoms with van der Waals surface area (Å²) in [7, 11) is 0. The Morgan fingerprint density at radius 2 is 2.00 bits per heavy atom. The molecule has 0 bridgehead atoms. The summed E-state index contributed by atoms with van der Waals surface area (Å²) in [5.74, 6) is 0. The summed E-state index contributed by atoms with van der Waals surface area (Å²) in [5.41, 5.74) is 3.03. The van der Waals surface area contributed by atoms with Gasteiger partial charge in [0, 0.05) is 5.70 Å². The first kappa shape index (κ1) is 8.11. The maximum atomic E-state index is 5.62. The Balaban J connectivity index is 2.16. The number of hydrogen-bond acceptors (Lipinski definition) is 2. The highest BCUT2D eigenvalue weighted by Crippen LogP contribution is 2.33. The van der Waals surface area contributed by atoms with Crippen LogP contribution in [0.1, 0.15) is 39.5 Å². The molecular weight excluding hydrogens is 150 g/mol. The van der Waals surface area contributed by atoms with Crippen LogP contribution < -0.4 is 0 Å². The molecule has 0 radical (unpaired) electrons. The summed E-state index contributed by atoms with van der Waals surface area (Å²) in [6.07, 6.45) is 5.19. The second kappa shape index (κ2) is 3.09. The van der Waals surface area contributed by atoms with Gasteiger partial charge in [0.05, 0.1) is 12.6 Å². The maximum absolute atomic E-state index is 5.62. The minimum atomic E-state index is 0.496. The van der Waals surface area contributed by atoms with E-state index >= 15 is 0 Å². The van der Waals surface area contributed by atoms with Crippen molar-refractivity contribution in [2.24, 2.45) is 0 Å². The monoisotopic (exact) mass is 167 g/mol. The van der Waals surface area contributed by atoms with Crippen molar-refractivity contribution < 1.29 is 4.84 Å². The lowest BCUT2D eigenvalue weighted by molar-refractivity contribution is -0.124. The minimum Gasteiger partial charge on any atom is -0.269 e. The van der Waals surface area contributed by atoms with Crippen LogP contribution in [0.4, 0.5) is 0 Å². The van der Waals surface area contributed by atoms with Crippen molar-refractivity contribution in [3.8, 4) is 0 Å². The summed E-state index contributed by atoms with van der Waals surface area (Å²) >= 11 is 0. The van der Waals surface area contributed by atoms with Crippen LogP contribution in [0, 0.1) is 0 Å². The van der Waals surface area contributed by atoms with Crippen LogP contribution in [-0.2, 0) is 4.84 Å². The van der Waals surface area contributed by atoms with E-state index < -0.39 is 0 Å². The third-order valence-electron chi connectivity index (χ3n) is 2.66. The van der Waals surface area contributed by atoms with Crippen molar-refractivity contribution in [2.45, 2.75) is 45.6 Å². The van der Waals surface area contributed by atoms with Crippen molar-refractivity contribution in [3.05, 3.63) is 11.3 Å². The molecule has 0 saturated carbocycles. The molecule has 0 spiro atoms. The summed E-state index contributed by atoms with van der Waals surface area (Å²) < 4.78 is 0. The van der Waals surface area contributed by atoms with Gasteiger partial charge in [-0.2, -0.15) is 0 Å². The van der Waals surface area contributed by atoms with Gasteiger partial charge in [0.2, 0.25) is 0 Å². The molecule has 0 amide bonds. The van der Waals surface area contributed by atoms with E-state index in [1.54, 1.807) is 5.57 Å². The van der Waals surface area contributed by atoms with Crippen molar-refractivity contribution in [3.63, 3.8) is 0 Å². The lowest BCUT2D eigenvalue weighted by Gasteiger charge is -2.26. The number of rotatable bonds is 1. The van der Waals surface area contributed by atoms with Gasteiger partial charge < -0.3 is 0 Å². The smallest absolute Gasteiger partial charge is 0.0980 e. The van der Waals surface area contributed by atoms with Crippen LogP contribution in [0.15, 0.2) is 11.3 Å². The topological polar surface area (TPSA) is 12.5 Å². The zero-order valence-electron chi connectivity index (χ0n) is 7.97. The molecule has 0 atom stereocenters. The first-order valence-corrected chi connectivity index (χ1v) is 4.92. The van der Waals surface area contributed by atoms with Crippen LogP contribution in [0.3, 0.4) is 0 Å². The van der Waals surface area contributed by atoms with E-state index in [4.69, 9.17) is 4.84 Å². The van der Waals surface area contributed by atoms with Crippen molar-refractivity contribution in [1.82, 2.24) is 5.06 Å². The van der Waals surface area contributed by atoms with Gasteiger partial charge in [0.1, 0.15) is 0 Å². The Labute approximate surface area is 74.1 Å². The van der Waals surface area contributed by atoms with Gasteiger partial charge in [-0.15, -0.1) is 0 Å². The molecule has 2 nitrogen and oxygen atoms in total. The fourth-order valence-corrected chi connectivity index (χ4v) is 2.06. The molecule has 1 aliphatic carbocycles. The Hall–Kier alpha value is -0.500. The van der Waals surface area contributed by atoms with E-state index in [1.165, 1.54) is 31.4 Å². The van der Waals surface area contributed by atoms with Gasteiger partial charge in [-0.05, 0) is 45.1 Å². The van der Waals surface area contributed by atoms with Crippen molar-refractivity contribution in [1.29, 1.82) is 0 Å². The van der Waals surface area contributed by atoms with Gasteiger partial charge in [-0.25, -0.2) is 0 Å². The zero-order valence-corrected chi connectivity index (χ0v) is 7.97. The number of nitrogens with zero attached hydrogens (tertiary/aromatic N) is 1. The summed E-state index contributed by atoms with van der Waals surface area (Å²) in [4.78, 5) is 5.62. The van der Waals surface area contributed by atoms with Gasteiger partial charge in [-0.1, -0.05) is 0 Å². The quantitative estimate of drug-likeness (QED) is 0.595. The van der Waals surface area contributed by atoms with Crippen molar-refractivity contribution in [2.75, 3.05) is 6.61 Å².